The summed E-state index contributed by atoms with van der Waals surface area (Å²) < 4.78 is 0. The second-order valence-corrected chi connectivity index (χ2v) is 8.99. The first-order valence-electron chi connectivity index (χ1n) is 12.6. The summed E-state index contributed by atoms with van der Waals surface area (Å²) >= 11 is 0. The maximum atomic E-state index is 3.46. The van der Waals surface area contributed by atoms with Crippen molar-refractivity contribution in [1.29, 1.82) is 0 Å². The summed E-state index contributed by atoms with van der Waals surface area (Å²) in [6, 6.07) is 42.6. The van der Waals surface area contributed by atoms with E-state index in [9.17, 15) is 0 Å². The summed E-state index contributed by atoms with van der Waals surface area (Å²) in [6.07, 6.45) is 17.5. The van der Waals surface area contributed by atoms with Gasteiger partial charge >= 0.3 is 26.2 Å². The summed E-state index contributed by atoms with van der Waals surface area (Å²) in [7, 11) is 0. The van der Waals surface area contributed by atoms with Crippen LogP contribution in [0.3, 0.4) is 0 Å². The van der Waals surface area contributed by atoms with E-state index in [1.807, 2.05) is 0 Å². The second-order valence-electron chi connectivity index (χ2n) is 8.99. The predicted molar refractivity (Wildman–Crippen MR) is 152 cm³/mol. The molecule has 37 heavy (non-hydrogen) atoms. The van der Waals surface area contributed by atoms with Gasteiger partial charge in [0.05, 0.1) is 0 Å². The summed E-state index contributed by atoms with van der Waals surface area (Å²) in [4.78, 5) is 0. The third-order valence-corrected chi connectivity index (χ3v) is 6.60. The molecule has 2 aliphatic rings. The molecule has 0 unspecified atom stereocenters. The van der Waals surface area contributed by atoms with Crippen molar-refractivity contribution in [2.75, 3.05) is 0 Å². The van der Waals surface area contributed by atoms with Crippen molar-refractivity contribution in [2.45, 2.75) is 24.7 Å². The van der Waals surface area contributed by atoms with E-state index in [0.29, 0.717) is 11.8 Å². The predicted octanol–water partition coefficient (Wildman–Crippen LogP) is 9.13. The molecule has 1 heteroatoms. The molecule has 4 aromatic rings. The maximum Gasteiger partial charge on any atom is 2.00 e. The van der Waals surface area contributed by atoms with Crippen molar-refractivity contribution < 1.29 is 27.6 Å². The molecule has 0 fully saturated rings. The number of hydrogen-bond acceptors (Lipinski definition) is 0. The van der Waals surface area contributed by atoms with Gasteiger partial charge in [-0.05, 0) is 22.3 Å². The molecule has 0 aliphatic heterocycles. The van der Waals surface area contributed by atoms with E-state index < -0.39 is 0 Å². The maximum absolute atomic E-state index is 3.46. The quantitative estimate of drug-likeness (QED) is 0.209. The van der Waals surface area contributed by atoms with Gasteiger partial charge in [0.2, 0.25) is 0 Å². The van der Waals surface area contributed by atoms with E-state index in [0.717, 1.165) is 12.8 Å². The Balaban J connectivity index is 0.000000200. The van der Waals surface area contributed by atoms with Crippen LogP contribution in [0.1, 0.15) is 48.4 Å². The molecule has 0 amide bonds. The van der Waals surface area contributed by atoms with Crippen molar-refractivity contribution in [2.24, 2.45) is 0 Å². The van der Waals surface area contributed by atoms with Crippen molar-refractivity contribution in [3.8, 4) is 0 Å². The first-order chi connectivity index (χ1) is 17.9. The minimum Gasteiger partial charge on any atom is -1.00 e. The SMILES string of the molecule is [C-]1=C(C(c2ccccc2)c2ccccc2)C=CC1.[C-]1=C(C(c2ccccc2)c2ccccc2)C=CC1.[H-].[Zr+2]. The van der Waals surface area contributed by atoms with Crippen LogP contribution in [0.5, 0.6) is 0 Å². The van der Waals surface area contributed by atoms with Crippen LogP contribution < -0.4 is 0 Å². The average molecular weight is 555 g/mol. The third kappa shape index (κ3) is 6.94. The van der Waals surface area contributed by atoms with Crippen LogP contribution in [0.25, 0.3) is 0 Å². The van der Waals surface area contributed by atoms with Crippen LogP contribution in [0.2, 0.25) is 0 Å². The Morgan fingerprint density at radius 3 is 0.919 bits per heavy atom. The normalized spacial score (nSPS) is 13.6. The summed E-state index contributed by atoms with van der Waals surface area (Å²) in [5.74, 6) is 0.622. The molecule has 0 saturated heterocycles. The molecule has 0 heterocycles. The minimum atomic E-state index is 0. The molecule has 0 spiro atoms. The molecule has 6 rings (SSSR count). The number of rotatable bonds is 6. The molecular weight excluding hydrogens is 524 g/mol. The van der Waals surface area contributed by atoms with Crippen molar-refractivity contribution in [1.82, 2.24) is 0 Å². The summed E-state index contributed by atoms with van der Waals surface area (Å²) in [5, 5.41) is 0. The van der Waals surface area contributed by atoms with Crippen LogP contribution in [0.4, 0.5) is 0 Å². The van der Waals surface area contributed by atoms with Gasteiger partial charge in [0.1, 0.15) is 0 Å². The van der Waals surface area contributed by atoms with E-state index in [-0.39, 0.29) is 27.6 Å². The Kier molecular flexibility index (Phi) is 10.0. The molecule has 180 valence electrons. The van der Waals surface area contributed by atoms with Gasteiger partial charge in [-0.15, -0.1) is 12.8 Å². The van der Waals surface area contributed by atoms with E-state index in [1.165, 1.54) is 33.4 Å². The fourth-order valence-electron chi connectivity index (χ4n) is 4.92. The summed E-state index contributed by atoms with van der Waals surface area (Å²) in [6.45, 7) is 0. The average Bonchev–Trinajstić information content (AvgIpc) is 3.68. The van der Waals surface area contributed by atoms with Crippen LogP contribution in [-0.4, -0.2) is 0 Å². The molecule has 4 aromatic carbocycles. The Bertz CT molecular complexity index is 1170. The van der Waals surface area contributed by atoms with Crippen molar-refractivity contribution >= 4 is 0 Å². The fourth-order valence-corrected chi connectivity index (χ4v) is 4.92. The van der Waals surface area contributed by atoms with Gasteiger partial charge in [-0.1, -0.05) is 121 Å². The first kappa shape index (κ1) is 26.8. The molecule has 2 aliphatic carbocycles. The van der Waals surface area contributed by atoms with Crippen LogP contribution in [0, 0.1) is 12.2 Å². The van der Waals surface area contributed by atoms with Crippen LogP contribution in [-0.2, 0) is 26.2 Å². The smallest absolute Gasteiger partial charge is 1.00 e. The van der Waals surface area contributed by atoms with Gasteiger partial charge in [-0.25, -0.2) is 23.3 Å². The van der Waals surface area contributed by atoms with Gasteiger partial charge in [-0.2, -0.15) is 12.2 Å². The molecular formula is C36H31Zr-. The first-order valence-corrected chi connectivity index (χ1v) is 12.6. The zero-order chi connectivity index (χ0) is 24.4. The fraction of sp³-hybridized carbons (Fsp3) is 0.111. The van der Waals surface area contributed by atoms with Crippen LogP contribution in [0.15, 0.2) is 157 Å². The Hall–Kier alpha value is -3.28. The Morgan fingerprint density at radius 1 is 0.432 bits per heavy atom. The van der Waals surface area contributed by atoms with Gasteiger partial charge in [0.15, 0.2) is 0 Å². The number of allylic oxidation sites excluding steroid dienone is 8. The second kappa shape index (κ2) is 13.9. The topological polar surface area (TPSA) is 0 Å². The third-order valence-electron chi connectivity index (χ3n) is 6.60. The molecule has 0 bridgehead atoms. The molecule has 0 saturated carbocycles. The van der Waals surface area contributed by atoms with Gasteiger partial charge < -0.3 is 1.43 Å². The molecule has 0 atom stereocenters. The largest absolute Gasteiger partial charge is 2.00 e. The molecule has 0 N–H and O–H groups in total. The van der Waals surface area contributed by atoms with Gasteiger partial charge in [0, 0.05) is 11.8 Å². The van der Waals surface area contributed by atoms with Gasteiger partial charge in [0.25, 0.3) is 0 Å². The molecule has 0 aromatic heterocycles. The summed E-state index contributed by atoms with van der Waals surface area (Å²) in [5.41, 5.74) is 7.89. The molecule has 0 radical (unpaired) electrons. The Labute approximate surface area is 242 Å². The number of hydrogen-bond donors (Lipinski definition) is 0. The zero-order valence-electron chi connectivity index (χ0n) is 21.9. The van der Waals surface area contributed by atoms with E-state index in [1.54, 1.807) is 0 Å². The van der Waals surface area contributed by atoms with Crippen molar-refractivity contribution in [3.05, 3.63) is 191 Å². The van der Waals surface area contributed by atoms with E-state index in [2.05, 4.69) is 158 Å². The standard InChI is InChI=1S/2C18H15.Zr.H/c2*1-3-9-15(10-4-1)18(17-13-7-8-14-17)16-11-5-2-6-12-16;;/h2*1-7,9-13,18H,8H2;;/q2*-1;+2;-1. The van der Waals surface area contributed by atoms with E-state index in [4.69, 9.17) is 0 Å². The van der Waals surface area contributed by atoms with E-state index >= 15 is 0 Å². The minimum absolute atomic E-state index is 0. The number of benzene rings is 4. The molecule has 0 nitrogen and oxygen atoms in total. The zero-order valence-corrected chi connectivity index (χ0v) is 23.4. The van der Waals surface area contributed by atoms with Crippen molar-refractivity contribution in [3.63, 3.8) is 0 Å². The van der Waals surface area contributed by atoms with Gasteiger partial charge in [-0.3, -0.25) is 12.2 Å². The monoisotopic (exact) mass is 553 g/mol. The van der Waals surface area contributed by atoms with Crippen LogP contribution >= 0.6 is 0 Å². The Morgan fingerprint density at radius 2 is 0.703 bits per heavy atom.